The van der Waals surface area contributed by atoms with E-state index in [0.29, 0.717) is 12.1 Å². The first-order valence-corrected chi connectivity index (χ1v) is 4.03. The summed E-state index contributed by atoms with van der Waals surface area (Å²) in [7, 11) is 1.82. The van der Waals surface area contributed by atoms with E-state index in [1.54, 1.807) is 4.68 Å². The Morgan fingerprint density at radius 1 is 1.67 bits per heavy atom. The van der Waals surface area contributed by atoms with Gasteiger partial charge in [-0.3, -0.25) is 4.68 Å². The Balaban J connectivity index is 2.57. The summed E-state index contributed by atoms with van der Waals surface area (Å²) in [5.41, 5.74) is 2.68. The molecule has 1 aromatic rings. The predicted octanol–water partition coefficient (Wildman–Crippen LogP) is 2.24. The topological polar surface area (TPSA) is 17.8 Å². The van der Waals surface area contributed by atoms with Crippen molar-refractivity contribution < 1.29 is 4.39 Å². The first-order chi connectivity index (χ1) is 5.68. The molecular weight excluding hydrogens is 155 g/mol. The van der Waals surface area contributed by atoms with Crippen LogP contribution in [0.25, 0.3) is 5.57 Å². The van der Waals surface area contributed by atoms with Crippen LogP contribution in [0.5, 0.6) is 0 Å². The molecule has 0 fully saturated rings. The molecule has 2 rings (SSSR count). The van der Waals surface area contributed by atoms with Crippen molar-refractivity contribution in [2.75, 3.05) is 0 Å². The maximum atomic E-state index is 13.2. The summed E-state index contributed by atoms with van der Waals surface area (Å²) in [6.07, 6.45) is 3.35. The van der Waals surface area contributed by atoms with Crippen molar-refractivity contribution >= 4 is 5.57 Å². The summed E-state index contributed by atoms with van der Waals surface area (Å²) in [4.78, 5) is 0. The van der Waals surface area contributed by atoms with Crippen LogP contribution in [0.3, 0.4) is 0 Å². The first-order valence-electron chi connectivity index (χ1n) is 4.03. The van der Waals surface area contributed by atoms with Gasteiger partial charge >= 0.3 is 0 Å². The van der Waals surface area contributed by atoms with Gasteiger partial charge in [-0.05, 0) is 12.5 Å². The second-order valence-corrected chi connectivity index (χ2v) is 3.19. The molecule has 0 spiro atoms. The Hall–Kier alpha value is -1.12. The molecular formula is C9H11FN2. The highest BCUT2D eigenvalue weighted by Crippen LogP contribution is 2.33. The third-order valence-corrected chi connectivity index (χ3v) is 2.21. The van der Waals surface area contributed by atoms with Gasteiger partial charge in [0.05, 0.1) is 0 Å². The zero-order valence-electron chi connectivity index (χ0n) is 7.21. The average Bonchev–Trinajstić information content (AvgIpc) is 2.41. The van der Waals surface area contributed by atoms with Gasteiger partial charge in [0.2, 0.25) is 0 Å². The van der Waals surface area contributed by atoms with Crippen LogP contribution in [0.4, 0.5) is 4.39 Å². The summed E-state index contributed by atoms with van der Waals surface area (Å²) in [5, 5.41) is 4.08. The minimum absolute atomic E-state index is 0.468. The number of aryl methyl sites for hydroxylation is 1. The van der Waals surface area contributed by atoms with Crippen molar-refractivity contribution in [1.82, 2.24) is 9.78 Å². The Labute approximate surface area is 70.7 Å². The fourth-order valence-electron chi connectivity index (χ4n) is 1.54. The third-order valence-electron chi connectivity index (χ3n) is 2.21. The molecule has 1 heterocycles. The monoisotopic (exact) mass is 166 g/mol. The number of allylic oxidation sites excluding steroid dienone is 2. The average molecular weight is 166 g/mol. The Kier molecular flexibility index (Phi) is 1.53. The van der Waals surface area contributed by atoms with Crippen LogP contribution < -0.4 is 0 Å². The lowest BCUT2D eigenvalue weighted by Gasteiger charge is -2.11. The minimum atomic E-state index is -0.912. The van der Waals surface area contributed by atoms with E-state index < -0.39 is 6.17 Å². The summed E-state index contributed by atoms with van der Waals surface area (Å²) in [6, 6.07) is 0. The van der Waals surface area contributed by atoms with E-state index >= 15 is 0 Å². The number of hydrogen-bond acceptors (Lipinski definition) is 1. The molecule has 1 aliphatic rings. The summed E-state index contributed by atoms with van der Waals surface area (Å²) in [6.45, 7) is 1.99. The Bertz CT molecular complexity index is 338. The minimum Gasteiger partial charge on any atom is -0.275 e. The van der Waals surface area contributed by atoms with Crippen molar-refractivity contribution in [2.45, 2.75) is 19.5 Å². The summed E-state index contributed by atoms with van der Waals surface area (Å²) < 4.78 is 14.9. The normalized spacial score (nSPS) is 21.9. The lowest BCUT2D eigenvalue weighted by Crippen LogP contribution is -2.00. The van der Waals surface area contributed by atoms with E-state index in [1.807, 2.05) is 26.2 Å². The van der Waals surface area contributed by atoms with Gasteiger partial charge in [0.25, 0.3) is 0 Å². The van der Waals surface area contributed by atoms with E-state index in [0.717, 1.165) is 11.1 Å². The zero-order chi connectivity index (χ0) is 8.72. The molecule has 3 heteroatoms. The molecule has 0 aromatic carbocycles. The number of fused-ring (bicyclic) bond motifs is 1. The van der Waals surface area contributed by atoms with Crippen LogP contribution in [-0.4, -0.2) is 9.78 Å². The molecule has 0 radical (unpaired) electrons. The van der Waals surface area contributed by atoms with Gasteiger partial charge in [-0.1, -0.05) is 6.08 Å². The van der Waals surface area contributed by atoms with Crippen LogP contribution in [0.15, 0.2) is 12.3 Å². The van der Waals surface area contributed by atoms with Crippen LogP contribution >= 0.6 is 0 Å². The van der Waals surface area contributed by atoms with E-state index in [9.17, 15) is 4.39 Å². The maximum Gasteiger partial charge on any atom is 0.148 e. The number of aromatic nitrogens is 2. The van der Waals surface area contributed by atoms with Gasteiger partial charge in [0.1, 0.15) is 11.9 Å². The first kappa shape index (κ1) is 7.53. The quantitative estimate of drug-likeness (QED) is 0.578. The lowest BCUT2D eigenvalue weighted by molar-refractivity contribution is 0.334. The fourth-order valence-corrected chi connectivity index (χ4v) is 1.54. The molecule has 2 nitrogen and oxygen atoms in total. The van der Waals surface area contributed by atoms with Gasteiger partial charge in [-0.2, -0.15) is 5.10 Å². The lowest BCUT2D eigenvalue weighted by atomic mass is 9.97. The number of alkyl halides is 1. The highest BCUT2D eigenvalue weighted by atomic mass is 19.1. The van der Waals surface area contributed by atoms with Crippen LogP contribution in [0.2, 0.25) is 0 Å². The van der Waals surface area contributed by atoms with E-state index in [4.69, 9.17) is 0 Å². The highest BCUT2D eigenvalue weighted by molar-refractivity contribution is 5.67. The van der Waals surface area contributed by atoms with E-state index in [2.05, 4.69) is 5.10 Å². The second kappa shape index (κ2) is 2.44. The molecule has 0 N–H and O–H groups in total. The van der Waals surface area contributed by atoms with Gasteiger partial charge in [-0.15, -0.1) is 0 Å². The molecule has 12 heavy (non-hydrogen) atoms. The molecule has 1 atom stereocenters. The molecule has 1 aliphatic carbocycles. The SMILES string of the molecule is CC1=CCC(F)c2nn(C)cc21. The third kappa shape index (κ3) is 0.967. The number of nitrogens with zero attached hydrogens (tertiary/aromatic N) is 2. The molecule has 0 bridgehead atoms. The van der Waals surface area contributed by atoms with Crippen LogP contribution in [0, 0.1) is 0 Å². The number of halogens is 1. The molecule has 64 valence electrons. The smallest absolute Gasteiger partial charge is 0.148 e. The Morgan fingerprint density at radius 2 is 2.42 bits per heavy atom. The zero-order valence-corrected chi connectivity index (χ0v) is 7.21. The second-order valence-electron chi connectivity index (χ2n) is 3.19. The molecule has 1 aromatic heterocycles. The van der Waals surface area contributed by atoms with Gasteiger partial charge in [0.15, 0.2) is 0 Å². The van der Waals surface area contributed by atoms with Crippen molar-refractivity contribution in [3.63, 3.8) is 0 Å². The van der Waals surface area contributed by atoms with E-state index in [1.165, 1.54) is 0 Å². The maximum absolute atomic E-state index is 13.2. The van der Waals surface area contributed by atoms with Gasteiger partial charge in [-0.25, -0.2) is 4.39 Å². The van der Waals surface area contributed by atoms with Crippen molar-refractivity contribution in [3.8, 4) is 0 Å². The predicted molar refractivity (Wildman–Crippen MR) is 45.3 cm³/mol. The molecule has 0 saturated heterocycles. The molecule has 0 saturated carbocycles. The summed E-state index contributed by atoms with van der Waals surface area (Å²) in [5.74, 6) is 0. The van der Waals surface area contributed by atoms with Crippen LogP contribution in [-0.2, 0) is 7.05 Å². The standard InChI is InChI=1S/C9H11FN2/c1-6-3-4-8(10)9-7(6)5-12(2)11-9/h3,5,8H,4H2,1-2H3. The van der Waals surface area contributed by atoms with Crippen molar-refractivity contribution in [3.05, 3.63) is 23.5 Å². The fraction of sp³-hybridized carbons (Fsp3) is 0.444. The molecule has 0 aliphatic heterocycles. The Morgan fingerprint density at radius 3 is 3.08 bits per heavy atom. The largest absolute Gasteiger partial charge is 0.275 e. The molecule has 1 unspecified atom stereocenters. The number of hydrogen-bond donors (Lipinski definition) is 0. The summed E-state index contributed by atoms with van der Waals surface area (Å²) >= 11 is 0. The van der Waals surface area contributed by atoms with Crippen molar-refractivity contribution in [2.24, 2.45) is 7.05 Å². The van der Waals surface area contributed by atoms with Gasteiger partial charge in [0, 0.05) is 25.2 Å². The number of rotatable bonds is 0. The molecule has 0 amide bonds. The highest BCUT2D eigenvalue weighted by Gasteiger charge is 2.22. The van der Waals surface area contributed by atoms with Crippen LogP contribution in [0.1, 0.15) is 30.8 Å². The van der Waals surface area contributed by atoms with Gasteiger partial charge < -0.3 is 0 Å². The van der Waals surface area contributed by atoms with Crippen molar-refractivity contribution in [1.29, 1.82) is 0 Å². The van der Waals surface area contributed by atoms with E-state index in [-0.39, 0.29) is 0 Å².